The van der Waals surface area contributed by atoms with Gasteiger partial charge >= 0.3 is 6.01 Å². The lowest BCUT2D eigenvalue weighted by atomic mass is 9.92. The van der Waals surface area contributed by atoms with Crippen molar-refractivity contribution in [3.05, 3.63) is 41.5 Å². The van der Waals surface area contributed by atoms with Gasteiger partial charge in [-0.3, -0.25) is 4.90 Å². The van der Waals surface area contributed by atoms with Crippen LogP contribution in [0.25, 0.3) is 32.9 Å². The van der Waals surface area contributed by atoms with Crippen LogP contribution in [0.4, 0.5) is 14.6 Å². The van der Waals surface area contributed by atoms with Crippen molar-refractivity contribution in [1.29, 1.82) is 0 Å². The molecule has 11 heteroatoms. The third-order valence-electron chi connectivity index (χ3n) is 9.66. The molecule has 0 spiro atoms. The quantitative estimate of drug-likeness (QED) is 0.265. The van der Waals surface area contributed by atoms with Crippen LogP contribution in [0, 0.1) is 24.0 Å². The summed E-state index contributed by atoms with van der Waals surface area (Å²) < 4.78 is 49.8. The van der Waals surface area contributed by atoms with E-state index in [9.17, 15) is 9.50 Å². The van der Waals surface area contributed by atoms with Gasteiger partial charge in [0, 0.05) is 30.6 Å². The third-order valence-corrected chi connectivity index (χ3v) is 9.66. The molecule has 2 aromatic heterocycles. The summed E-state index contributed by atoms with van der Waals surface area (Å²) in [4.78, 5) is 18.6. The summed E-state index contributed by atoms with van der Waals surface area (Å²) in [6.45, 7) is 4.72. The maximum atomic E-state index is 17.0. The van der Waals surface area contributed by atoms with Gasteiger partial charge in [-0.25, -0.2) is 13.8 Å². The number of anilines is 1. The molecule has 0 bridgehead atoms. The minimum absolute atomic E-state index is 0.0520. The highest BCUT2D eigenvalue weighted by atomic mass is 19.1. The Bertz CT molecular complexity index is 1840. The summed E-state index contributed by atoms with van der Waals surface area (Å²) >= 11 is 0. The van der Waals surface area contributed by atoms with Gasteiger partial charge in [-0.05, 0) is 68.8 Å². The Balaban J connectivity index is 1.42. The molecule has 9 nitrogen and oxygen atoms in total. The molecule has 2 aromatic carbocycles. The van der Waals surface area contributed by atoms with Crippen LogP contribution in [-0.2, 0) is 4.74 Å². The molecule has 3 aliphatic heterocycles. The summed E-state index contributed by atoms with van der Waals surface area (Å²) in [5.74, 6) is 1.32. The van der Waals surface area contributed by atoms with E-state index in [1.165, 1.54) is 44.2 Å². The number of nitrogens with zero attached hydrogens (tertiary/aromatic N) is 5. The van der Waals surface area contributed by atoms with Crippen LogP contribution < -0.4 is 14.4 Å². The van der Waals surface area contributed by atoms with Crippen molar-refractivity contribution >= 4 is 27.5 Å². The van der Waals surface area contributed by atoms with Crippen LogP contribution in [0.5, 0.6) is 17.6 Å². The van der Waals surface area contributed by atoms with E-state index < -0.39 is 11.6 Å². The fourth-order valence-electron chi connectivity index (χ4n) is 7.43. The van der Waals surface area contributed by atoms with E-state index in [0.717, 1.165) is 45.2 Å². The fourth-order valence-corrected chi connectivity index (χ4v) is 7.43. The predicted octanol–water partition coefficient (Wildman–Crippen LogP) is 5.83. The second-order valence-electron chi connectivity index (χ2n) is 12.4. The van der Waals surface area contributed by atoms with Gasteiger partial charge in [-0.15, -0.1) is 6.42 Å². The molecule has 3 aliphatic rings. The van der Waals surface area contributed by atoms with Crippen LogP contribution >= 0.6 is 0 Å². The normalized spacial score (nSPS) is 20.7. The molecule has 1 unspecified atom stereocenters. The van der Waals surface area contributed by atoms with E-state index in [2.05, 4.69) is 20.8 Å². The average Bonchev–Trinajstić information content (AvgIpc) is 3.21. The minimum atomic E-state index is -0.787. The number of terminal acetylenes is 1. The predicted molar refractivity (Wildman–Crippen MR) is 171 cm³/mol. The van der Waals surface area contributed by atoms with Gasteiger partial charge in [0.25, 0.3) is 0 Å². The first-order chi connectivity index (χ1) is 22.4. The number of fused-ring (bicyclic) bond motifs is 3. The second kappa shape index (κ2) is 12.5. The van der Waals surface area contributed by atoms with Crippen molar-refractivity contribution in [3.63, 3.8) is 0 Å². The Kier molecular flexibility index (Phi) is 8.25. The Hall–Kier alpha value is -4.27. The molecular formula is C35H37F2N5O4. The number of phenols is 1. The lowest BCUT2D eigenvalue weighted by Gasteiger charge is -2.36. The van der Waals surface area contributed by atoms with Crippen molar-refractivity contribution in [3.8, 4) is 41.2 Å². The van der Waals surface area contributed by atoms with E-state index in [1.54, 1.807) is 0 Å². The molecule has 0 radical (unpaired) electrons. The smallest absolute Gasteiger partial charge is 0.319 e. The molecule has 5 heterocycles. The Morgan fingerprint density at radius 3 is 2.67 bits per heavy atom. The lowest BCUT2D eigenvalue weighted by Crippen LogP contribution is -2.48. The lowest BCUT2D eigenvalue weighted by molar-refractivity contribution is 0.0717. The van der Waals surface area contributed by atoms with Gasteiger partial charge in [-0.2, -0.15) is 9.97 Å². The standard InChI is InChI=1S/C35H37F2N5O4/c1-3-24-26(36)10-9-22-19-23(43)20-25(27(22)24)30-29(37)31-28(33(38-30)44-2)32(41-13-8-17-45-18-16-41)40-34(39-31)46-21-35-11-5-4-6-14-42(35)15-7-12-35/h1,9-10,19-20,43H,4-8,11-18,21H2,2H3. The van der Waals surface area contributed by atoms with Crippen molar-refractivity contribution in [2.24, 2.45) is 0 Å². The van der Waals surface area contributed by atoms with Crippen LogP contribution in [0.2, 0.25) is 0 Å². The molecule has 0 aliphatic carbocycles. The average molecular weight is 630 g/mol. The number of phenolic OH excluding ortho intramolecular Hbond substituents is 1. The SMILES string of the molecule is C#Cc1c(F)ccc2cc(O)cc(-c3nc(OC)c4c(N5CCCOCC5)nc(OCC56CCCCCN5CCC6)nc4c3F)c12. The monoisotopic (exact) mass is 629 g/mol. The number of halogens is 2. The maximum absolute atomic E-state index is 17.0. The van der Waals surface area contributed by atoms with Gasteiger partial charge in [0.15, 0.2) is 5.82 Å². The van der Waals surface area contributed by atoms with E-state index in [-0.39, 0.29) is 50.9 Å². The Morgan fingerprint density at radius 2 is 1.83 bits per heavy atom. The van der Waals surface area contributed by atoms with Crippen LogP contribution in [0.15, 0.2) is 24.3 Å². The Morgan fingerprint density at radius 1 is 0.978 bits per heavy atom. The number of hydrogen-bond donors (Lipinski definition) is 1. The molecule has 0 amide bonds. The molecule has 7 rings (SSSR count). The van der Waals surface area contributed by atoms with E-state index in [4.69, 9.17) is 25.6 Å². The number of rotatable bonds is 6. The zero-order valence-corrected chi connectivity index (χ0v) is 26.0. The van der Waals surface area contributed by atoms with Crippen LogP contribution in [-0.4, -0.2) is 83.6 Å². The van der Waals surface area contributed by atoms with E-state index in [0.29, 0.717) is 49.5 Å². The number of aromatic hydroxyl groups is 1. The van der Waals surface area contributed by atoms with E-state index in [1.807, 2.05) is 4.90 Å². The summed E-state index contributed by atoms with van der Waals surface area (Å²) in [5, 5.41) is 11.6. The highest BCUT2D eigenvalue weighted by Gasteiger charge is 2.42. The Labute approximate surface area is 266 Å². The number of methoxy groups -OCH3 is 1. The molecule has 3 saturated heterocycles. The number of hydrogen-bond acceptors (Lipinski definition) is 9. The molecule has 1 atom stereocenters. The fraction of sp³-hybridized carbons (Fsp3) is 0.457. The molecule has 3 fully saturated rings. The molecule has 0 saturated carbocycles. The molecular weight excluding hydrogens is 592 g/mol. The summed E-state index contributed by atoms with van der Waals surface area (Å²) in [7, 11) is 1.44. The first-order valence-electron chi connectivity index (χ1n) is 16.0. The summed E-state index contributed by atoms with van der Waals surface area (Å²) in [6.07, 6.45) is 13.2. The topological polar surface area (TPSA) is 93.1 Å². The van der Waals surface area contributed by atoms with Crippen molar-refractivity contribution in [2.75, 3.05) is 58.0 Å². The number of ether oxygens (including phenoxy) is 3. The first-order valence-corrected chi connectivity index (χ1v) is 16.0. The molecule has 240 valence electrons. The largest absolute Gasteiger partial charge is 0.508 e. The van der Waals surface area contributed by atoms with Crippen LogP contribution in [0.3, 0.4) is 0 Å². The number of benzene rings is 2. The molecule has 4 aromatic rings. The van der Waals surface area contributed by atoms with Gasteiger partial charge in [0.1, 0.15) is 40.6 Å². The van der Waals surface area contributed by atoms with Crippen molar-refractivity contribution in [2.45, 2.75) is 50.5 Å². The zero-order valence-electron chi connectivity index (χ0n) is 26.0. The van der Waals surface area contributed by atoms with Crippen molar-refractivity contribution in [1.82, 2.24) is 19.9 Å². The van der Waals surface area contributed by atoms with Gasteiger partial charge < -0.3 is 24.2 Å². The van der Waals surface area contributed by atoms with Crippen LogP contribution in [0.1, 0.15) is 50.5 Å². The first kappa shape index (κ1) is 30.4. The highest BCUT2D eigenvalue weighted by molar-refractivity contribution is 6.04. The van der Waals surface area contributed by atoms with Crippen molar-refractivity contribution < 1.29 is 28.1 Å². The number of aromatic nitrogens is 3. The van der Waals surface area contributed by atoms with Gasteiger partial charge in [-0.1, -0.05) is 24.8 Å². The summed E-state index contributed by atoms with van der Waals surface area (Å²) in [6, 6.07) is 5.54. The molecule has 46 heavy (non-hydrogen) atoms. The third kappa shape index (κ3) is 5.33. The van der Waals surface area contributed by atoms with Gasteiger partial charge in [0.05, 0.1) is 24.8 Å². The highest BCUT2D eigenvalue weighted by Crippen LogP contribution is 2.43. The number of pyridine rings is 1. The minimum Gasteiger partial charge on any atom is -0.508 e. The summed E-state index contributed by atoms with van der Waals surface area (Å²) in [5.41, 5.74) is -0.282. The second-order valence-corrected chi connectivity index (χ2v) is 12.4. The van der Waals surface area contributed by atoms with E-state index >= 15 is 4.39 Å². The van der Waals surface area contributed by atoms with Gasteiger partial charge in [0.2, 0.25) is 5.88 Å². The maximum Gasteiger partial charge on any atom is 0.319 e. The zero-order chi connectivity index (χ0) is 31.8. The molecule has 1 N–H and O–H groups in total.